The Morgan fingerprint density at radius 3 is 2.24 bits per heavy atom. The molecule has 9 heteroatoms. The second-order valence-corrected chi connectivity index (χ2v) is 7.68. The minimum atomic E-state index is -4.71. The van der Waals surface area contributed by atoms with Gasteiger partial charge in [-0.05, 0) is 33.9 Å². The quantitative estimate of drug-likeness (QED) is 0.347. The van der Waals surface area contributed by atoms with Crippen LogP contribution in [0.15, 0.2) is 72.8 Å². The van der Waals surface area contributed by atoms with Crippen molar-refractivity contribution in [1.29, 1.82) is 0 Å². The van der Waals surface area contributed by atoms with E-state index in [1.165, 1.54) is 12.2 Å². The van der Waals surface area contributed by atoms with Gasteiger partial charge in [-0.1, -0.05) is 60.7 Å². The number of carbonyl (C=O) groups excluding carboxylic acids is 1. The summed E-state index contributed by atoms with van der Waals surface area (Å²) >= 11 is 0. The molecule has 0 aliphatic heterocycles. The fourth-order valence-electron chi connectivity index (χ4n) is 3.99. The molecule has 0 radical (unpaired) electrons. The fraction of sp³-hybridized carbons (Fsp3) is 0.160. The molecule has 3 aromatic carbocycles. The molecule has 0 unspecified atom stereocenters. The van der Waals surface area contributed by atoms with E-state index in [-0.39, 0.29) is 24.6 Å². The Hall–Kier alpha value is -4.14. The van der Waals surface area contributed by atoms with Gasteiger partial charge in [-0.25, -0.2) is 4.79 Å². The zero-order chi connectivity index (χ0) is 24.3. The lowest BCUT2D eigenvalue weighted by Crippen LogP contribution is -2.26. The molecule has 174 valence electrons. The van der Waals surface area contributed by atoms with Crippen molar-refractivity contribution in [3.63, 3.8) is 0 Å². The summed E-state index contributed by atoms with van der Waals surface area (Å²) in [7, 11) is 0. The number of ether oxygens (including phenoxy) is 1. The van der Waals surface area contributed by atoms with E-state index in [4.69, 9.17) is 4.74 Å². The van der Waals surface area contributed by atoms with Crippen LogP contribution in [0, 0.1) is 10.1 Å². The van der Waals surface area contributed by atoms with E-state index in [2.05, 4.69) is 5.32 Å². The normalized spacial score (nSPS) is 12.9. The minimum Gasteiger partial charge on any atom is -0.449 e. The van der Waals surface area contributed by atoms with E-state index in [1.807, 2.05) is 48.5 Å². The number of nitrogens with zero attached hydrogens (tertiary/aromatic N) is 1. The first kappa shape index (κ1) is 23.0. The maximum atomic E-state index is 13.0. The van der Waals surface area contributed by atoms with Crippen molar-refractivity contribution in [3.05, 3.63) is 105 Å². The number of nitro benzene ring substituents is 1. The number of halogens is 3. The second kappa shape index (κ2) is 9.38. The van der Waals surface area contributed by atoms with Crippen molar-refractivity contribution < 1.29 is 27.6 Å². The largest absolute Gasteiger partial charge is 0.449 e. The Labute approximate surface area is 192 Å². The summed E-state index contributed by atoms with van der Waals surface area (Å²) in [5, 5.41) is 13.4. The number of alkyl halides is 3. The van der Waals surface area contributed by atoms with Gasteiger partial charge in [0.25, 0.3) is 5.69 Å². The second-order valence-electron chi connectivity index (χ2n) is 7.68. The SMILES string of the molecule is O=C(NCC=Cc1cc([N+](=O)[O-])cc(C(F)(F)F)c1)OCC1c2ccccc2-c2ccccc21. The molecule has 0 atom stereocenters. The molecule has 4 rings (SSSR count). The monoisotopic (exact) mass is 468 g/mol. The standard InChI is InChI=1S/C25H19F3N2O4/c26-25(27,28)17-12-16(13-18(14-17)30(32)33)6-5-11-29-24(31)34-15-23-21-9-3-1-7-19(21)20-8-2-4-10-22(20)23/h1-10,12-14,23H,11,15H2,(H,29,31). The summed E-state index contributed by atoms with van der Waals surface area (Å²) in [5.74, 6) is -0.0978. The van der Waals surface area contributed by atoms with Gasteiger partial charge in [0.2, 0.25) is 0 Å². The predicted molar refractivity (Wildman–Crippen MR) is 120 cm³/mol. The highest BCUT2D eigenvalue weighted by Gasteiger charge is 2.32. The Morgan fingerprint density at radius 1 is 1.03 bits per heavy atom. The predicted octanol–water partition coefficient (Wildman–Crippen LogP) is 6.17. The van der Waals surface area contributed by atoms with Crippen molar-refractivity contribution in [2.24, 2.45) is 0 Å². The van der Waals surface area contributed by atoms with Crippen molar-refractivity contribution in [2.45, 2.75) is 12.1 Å². The van der Waals surface area contributed by atoms with Crippen LogP contribution in [0.25, 0.3) is 17.2 Å². The van der Waals surface area contributed by atoms with Crippen LogP contribution in [-0.4, -0.2) is 24.2 Å². The molecule has 1 aliphatic carbocycles. The molecule has 0 aromatic heterocycles. The van der Waals surface area contributed by atoms with Crippen LogP contribution in [0.2, 0.25) is 0 Å². The van der Waals surface area contributed by atoms with Crippen molar-refractivity contribution in [1.82, 2.24) is 5.32 Å². The molecule has 1 N–H and O–H groups in total. The molecule has 0 bridgehead atoms. The zero-order valence-corrected chi connectivity index (χ0v) is 17.7. The highest BCUT2D eigenvalue weighted by atomic mass is 19.4. The summed E-state index contributed by atoms with van der Waals surface area (Å²) < 4.78 is 44.3. The van der Waals surface area contributed by atoms with Gasteiger partial charge in [-0.3, -0.25) is 10.1 Å². The number of rotatable bonds is 6. The van der Waals surface area contributed by atoms with Crippen molar-refractivity contribution >= 4 is 17.9 Å². The van der Waals surface area contributed by atoms with Crippen LogP contribution < -0.4 is 5.32 Å². The van der Waals surface area contributed by atoms with Gasteiger partial charge in [0, 0.05) is 24.6 Å². The molecule has 6 nitrogen and oxygen atoms in total. The van der Waals surface area contributed by atoms with Gasteiger partial charge >= 0.3 is 12.3 Å². The molecule has 3 aromatic rings. The number of non-ortho nitro benzene ring substituents is 1. The van der Waals surface area contributed by atoms with Crippen LogP contribution in [0.1, 0.15) is 28.2 Å². The third-order valence-corrected chi connectivity index (χ3v) is 5.50. The third kappa shape index (κ3) is 4.93. The molecule has 0 spiro atoms. The Morgan fingerprint density at radius 2 is 1.65 bits per heavy atom. The number of alkyl carbamates (subject to hydrolysis) is 1. The third-order valence-electron chi connectivity index (χ3n) is 5.50. The first-order valence-corrected chi connectivity index (χ1v) is 10.4. The molecule has 1 amide bonds. The van der Waals surface area contributed by atoms with Gasteiger partial charge in [0.1, 0.15) is 6.61 Å². The Bertz CT molecular complexity index is 1230. The molecule has 0 fully saturated rings. The molecule has 0 heterocycles. The first-order chi connectivity index (χ1) is 16.2. The number of fused-ring (bicyclic) bond motifs is 3. The van der Waals surface area contributed by atoms with E-state index >= 15 is 0 Å². The van der Waals surface area contributed by atoms with Crippen molar-refractivity contribution in [3.8, 4) is 11.1 Å². The summed E-state index contributed by atoms with van der Waals surface area (Å²) in [6.45, 7) is 0.101. The zero-order valence-electron chi connectivity index (χ0n) is 17.7. The van der Waals surface area contributed by atoms with Gasteiger partial charge in [0.05, 0.1) is 10.5 Å². The highest BCUT2D eigenvalue weighted by Crippen LogP contribution is 2.44. The Balaban J connectivity index is 1.36. The summed E-state index contributed by atoms with van der Waals surface area (Å²) in [6, 6.07) is 18.1. The lowest BCUT2D eigenvalue weighted by atomic mass is 9.98. The lowest BCUT2D eigenvalue weighted by molar-refractivity contribution is -0.385. The molecular weight excluding hydrogens is 449 g/mol. The number of carbonyl (C=O) groups is 1. The number of amides is 1. The number of hydrogen-bond acceptors (Lipinski definition) is 4. The smallest absolute Gasteiger partial charge is 0.416 e. The van der Waals surface area contributed by atoms with E-state index in [1.54, 1.807) is 0 Å². The van der Waals surface area contributed by atoms with Crippen LogP contribution in [0.3, 0.4) is 0 Å². The number of nitro groups is 1. The first-order valence-electron chi connectivity index (χ1n) is 10.4. The lowest BCUT2D eigenvalue weighted by Gasteiger charge is -2.14. The van der Waals surface area contributed by atoms with E-state index in [9.17, 15) is 28.1 Å². The summed E-state index contributed by atoms with van der Waals surface area (Å²) in [4.78, 5) is 22.2. The number of benzene rings is 3. The van der Waals surface area contributed by atoms with E-state index in [0.717, 1.165) is 34.4 Å². The van der Waals surface area contributed by atoms with Crippen LogP contribution in [0.5, 0.6) is 0 Å². The number of hydrogen-bond donors (Lipinski definition) is 1. The van der Waals surface area contributed by atoms with Crippen LogP contribution in [0.4, 0.5) is 23.7 Å². The van der Waals surface area contributed by atoms with Gasteiger partial charge in [-0.15, -0.1) is 0 Å². The van der Waals surface area contributed by atoms with Crippen LogP contribution >= 0.6 is 0 Å². The number of nitrogens with one attached hydrogen (secondary N) is 1. The average Bonchev–Trinajstić information content (AvgIpc) is 3.13. The minimum absolute atomic E-state index is 0.00383. The maximum absolute atomic E-state index is 13.0. The fourth-order valence-corrected chi connectivity index (χ4v) is 3.99. The maximum Gasteiger partial charge on any atom is 0.416 e. The van der Waals surface area contributed by atoms with Crippen LogP contribution in [-0.2, 0) is 10.9 Å². The summed E-state index contributed by atoms with van der Waals surface area (Å²) in [6.07, 6.45) is -2.73. The molecule has 1 aliphatic rings. The van der Waals surface area contributed by atoms with E-state index in [0.29, 0.717) is 6.07 Å². The van der Waals surface area contributed by atoms with E-state index < -0.39 is 28.4 Å². The Kier molecular flexibility index (Phi) is 6.36. The summed E-state index contributed by atoms with van der Waals surface area (Å²) in [5.41, 5.74) is 2.56. The van der Waals surface area contributed by atoms with Crippen molar-refractivity contribution in [2.75, 3.05) is 13.2 Å². The van der Waals surface area contributed by atoms with Gasteiger partial charge in [0.15, 0.2) is 0 Å². The van der Waals surface area contributed by atoms with Gasteiger partial charge in [-0.2, -0.15) is 13.2 Å². The topological polar surface area (TPSA) is 81.5 Å². The average molecular weight is 468 g/mol. The molecule has 0 saturated carbocycles. The molecular formula is C25H19F3N2O4. The molecule has 0 saturated heterocycles. The highest BCUT2D eigenvalue weighted by molar-refractivity contribution is 5.79. The van der Waals surface area contributed by atoms with Gasteiger partial charge < -0.3 is 10.1 Å². The molecule has 34 heavy (non-hydrogen) atoms.